The van der Waals surface area contributed by atoms with Crippen molar-refractivity contribution in [1.82, 2.24) is 20.0 Å². The maximum Gasteiger partial charge on any atom is 0.227 e. The minimum absolute atomic E-state index is 0.178. The lowest BCUT2D eigenvalue weighted by atomic mass is 9.94. The Hall–Kier alpha value is -2.24. The second-order valence-electron chi connectivity index (χ2n) is 6.91. The first-order valence-corrected chi connectivity index (χ1v) is 8.77. The second kappa shape index (κ2) is 6.71. The van der Waals surface area contributed by atoms with Crippen molar-refractivity contribution in [2.24, 2.45) is 5.92 Å². The quantitative estimate of drug-likeness (QED) is 0.843. The van der Waals surface area contributed by atoms with Crippen molar-refractivity contribution in [3.63, 3.8) is 0 Å². The van der Waals surface area contributed by atoms with E-state index in [4.69, 9.17) is 4.52 Å². The molecule has 0 N–H and O–H groups in total. The number of piperidine rings is 1. The van der Waals surface area contributed by atoms with Gasteiger partial charge in [0.2, 0.25) is 11.8 Å². The molecule has 1 aliphatic heterocycles. The number of rotatable bonds is 5. The molecule has 0 spiro atoms. The van der Waals surface area contributed by atoms with Crippen LogP contribution in [0.3, 0.4) is 0 Å². The largest absolute Gasteiger partial charge is 0.342 e. The molecule has 2 aromatic heterocycles. The highest BCUT2D eigenvalue weighted by Crippen LogP contribution is 2.38. The Morgan fingerprint density at radius 3 is 3.04 bits per heavy atom. The van der Waals surface area contributed by atoms with E-state index in [0.717, 1.165) is 49.6 Å². The minimum atomic E-state index is 0.178. The van der Waals surface area contributed by atoms with E-state index in [9.17, 15) is 4.79 Å². The van der Waals surface area contributed by atoms with Crippen LogP contribution in [-0.2, 0) is 17.6 Å². The number of likely N-dealkylation sites (tertiary alicyclic amines) is 1. The van der Waals surface area contributed by atoms with E-state index in [2.05, 4.69) is 15.1 Å². The van der Waals surface area contributed by atoms with Crippen LogP contribution in [0.25, 0.3) is 0 Å². The van der Waals surface area contributed by atoms with E-state index in [1.165, 1.54) is 12.8 Å². The lowest BCUT2D eigenvalue weighted by Gasteiger charge is -2.32. The molecule has 126 valence electrons. The maximum absolute atomic E-state index is 12.5. The van der Waals surface area contributed by atoms with Gasteiger partial charge >= 0.3 is 0 Å². The van der Waals surface area contributed by atoms with E-state index in [1.807, 2.05) is 17.0 Å². The van der Waals surface area contributed by atoms with Gasteiger partial charge in [-0.1, -0.05) is 11.2 Å². The average Bonchev–Trinajstić information content (AvgIpc) is 3.36. The molecule has 0 bridgehead atoms. The Balaban J connectivity index is 1.33. The van der Waals surface area contributed by atoms with Crippen molar-refractivity contribution < 1.29 is 9.32 Å². The van der Waals surface area contributed by atoms with Crippen LogP contribution in [0.4, 0.5) is 0 Å². The molecule has 6 heteroatoms. The number of amides is 1. The van der Waals surface area contributed by atoms with Crippen LogP contribution in [0.15, 0.2) is 29.0 Å². The molecule has 24 heavy (non-hydrogen) atoms. The zero-order valence-electron chi connectivity index (χ0n) is 13.7. The summed E-state index contributed by atoms with van der Waals surface area (Å²) >= 11 is 0. The number of hydrogen-bond acceptors (Lipinski definition) is 5. The molecule has 4 rings (SSSR count). The fourth-order valence-corrected chi connectivity index (χ4v) is 3.35. The fourth-order valence-electron chi connectivity index (χ4n) is 3.35. The van der Waals surface area contributed by atoms with E-state index in [0.29, 0.717) is 18.3 Å². The summed E-state index contributed by atoms with van der Waals surface area (Å²) in [5, 5.41) is 4.08. The van der Waals surface area contributed by atoms with Crippen LogP contribution < -0.4 is 0 Å². The summed E-state index contributed by atoms with van der Waals surface area (Å²) in [6, 6.07) is 3.82. The second-order valence-corrected chi connectivity index (χ2v) is 6.91. The molecular formula is C18H22N4O2. The Labute approximate surface area is 141 Å². The molecule has 3 heterocycles. The predicted octanol–water partition coefficient (Wildman–Crippen LogP) is 2.37. The van der Waals surface area contributed by atoms with Gasteiger partial charge in [-0.2, -0.15) is 4.98 Å². The Morgan fingerprint density at radius 2 is 2.25 bits per heavy atom. The maximum atomic E-state index is 12.5. The van der Waals surface area contributed by atoms with Crippen molar-refractivity contribution in [3.05, 3.63) is 41.8 Å². The molecule has 1 amide bonds. The van der Waals surface area contributed by atoms with Gasteiger partial charge in [-0.3, -0.25) is 9.78 Å². The van der Waals surface area contributed by atoms with Crippen molar-refractivity contribution in [3.8, 4) is 0 Å². The van der Waals surface area contributed by atoms with Crippen LogP contribution in [-0.4, -0.2) is 39.0 Å². The van der Waals surface area contributed by atoms with Gasteiger partial charge in [0, 0.05) is 37.8 Å². The lowest BCUT2D eigenvalue weighted by molar-refractivity contribution is -0.132. The third-order valence-corrected chi connectivity index (χ3v) is 4.84. The van der Waals surface area contributed by atoms with E-state index >= 15 is 0 Å². The fraction of sp³-hybridized carbons (Fsp3) is 0.556. The van der Waals surface area contributed by atoms with Gasteiger partial charge in [0.25, 0.3) is 0 Å². The Kier molecular flexibility index (Phi) is 4.28. The predicted molar refractivity (Wildman–Crippen MR) is 87.2 cm³/mol. The van der Waals surface area contributed by atoms with Gasteiger partial charge in [0.15, 0.2) is 5.82 Å². The van der Waals surface area contributed by atoms with Crippen LogP contribution >= 0.6 is 0 Å². The van der Waals surface area contributed by atoms with E-state index < -0.39 is 0 Å². The van der Waals surface area contributed by atoms with Crippen molar-refractivity contribution in [1.29, 1.82) is 0 Å². The molecule has 1 saturated heterocycles. The van der Waals surface area contributed by atoms with Crippen LogP contribution in [0.1, 0.15) is 48.9 Å². The van der Waals surface area contributed by atoms with Crippen LogP contribution in [0, 0.1) is 5.92 Å². The van der Waals surface area contributed by atoms with Crippen molar-refractivity contribution in [2.75, 3.05) is 13.1 Å². The third kappa shape index (κ3) is 3.63. The topological polar surface area (TPSA) is 72.1 Å². The number of carbonyl (C=O) groups excluding carboxylic acids is 1. The number of hydrogen-bond donors (Lipinski definition) is 0. The van der Waals surface area contributed by atoms with Crippen LogP contribution in [0.2, 0.25) is 0 Å². The van der Waals surface area contributed by atoms with Gasteiger partial charge in [0.1, 0.15) is 0 Å². The van der Waals surface area contributed by atoms with E-state index in [-0.39, 0.29) is 5.91 Å². The van der Waals surface area contributed by atoms with Crippen molar-refractivity contribution >= 4 is 5.91 Å². The molecule has 1 saturated carbocycles. The Morgan fingerprint density at radius 1 is 1.33 bits per heavy atom. The number of aromatic nitrogens is 3. The van der Waals surface area contributed by atoms with Gasteiger partial charge in [-0.25, -0.2) is 0 Å². The van der Waals surface area contributed by atoms with Gasteiger partial charge in [0.05, 0.1) is 6.42 Å². The van der Waals surface area contributed by atoms with Crippen molar-refractivity contribution in [2.45, 2.75) is 44.4 Å². The molecule has 2 aliphatic rings. The van der Waals surface area contributed by atoms with Gasteiger partial charge in [-0.05, 0) is 43.2 Å². The first-order valence-electron chi connectivity index (χ1n) is 8.77. The molecule has 2 fully saturated rings. The number of carbonyl (C=O) groups is 1. The smallest absolute Gasteiger partial charge is 0.227 e. The molecule has 0 radical (unpaired) electrons. The van der Waals surface area contributed by atoms with Gasteiger partial charge in [-0.15, -0.1) is 0 Å². The number of nitrogens with zero attached hydrogens (tertiary/aromatic N) is 4. The summed E-state index contributed by atoms with van der Waals surface area (Å²) in [6.07, 6.45) is 9.19. The highest BCUT2D eigenvalue weighted by Gasteiger charge is 2.30. The summed E-state index contributed by atoms with van der Waals surface area (Å²) in [7, 11) is 0. The summed E-state index contributed by atoms with van der Waals surface area (Å²) < 4.78 is 5.39. The summed E-state index contributed by atoms with van der Waals surface area (Å²) in [5.74, 6) is 2.70. The summed E-state index contributed by atoms with van der Waals surface area (Å²) in [4.78, 5) is 23.1. The highest BCUT2D eigenvalue weighted by molar-refractivity contribution is 5.78. The molecular weight excluding hydrogens is 304 g/mol. The zero-order valence-corrected chi connectivity index (χ0v) is 13.7. The molecule has 1 atom stereocenters. The average molecular weight is 326 g/mol. The molecule has 0 aromatic carbocycles. The van der Waals surface area contributed by atoms with E-state index in [1.54, 1.807) is 12.4 Å². The molecule has 6 nitrogen and oxygen atoms in total. The Bertz CT molecular complexity index is 696. The highest BCUT2D eigenvalue weighted by atomic mass is 16.5. The van der Waals surface area contributed by atoms with Crippen LogP contribution in [0.5, 0.6) is 0 Å². The summed E-state index contributed by atoms with van der Waals surface area (Å²) in [5.41, 5.74) is 0.968. The summed E-state index contributed by atoms with van der Waals surface area (Å²) in [6.45, 7) is 1.62. The molecule has 2 aromatic rings. The molecule has 1 unspecified atom stereocenters. The lowest BCUT2D eigenvalue weighted by Crippen LogP contribution is -2.41. The first kappa shape index (κ1) is 15.3. The first-order chi connectivity index (χ1) is 11.8. The zero-order chi connectivity index (χ0) is 16.4. The number of pyridine rings is 1. The monoisotopic (exact) mass is 326 g/mol. The minimum Gasteiger partial charge on any atom is -0.342 e. The standard InChI is InChI=1S/C18H22N4O2/c23-17(10-13-3-1-7-19-11-13)22-8-2-4-14(12-22)9-16-20-18(21-24-16)15-5-6-15/h1,3,7,11,14-15H,2,4-6,8-10,12H2. The normalized spacial score (nSPS) is 21.0. The molecule has 1 aliphatic carbocycles. The third-order valence-electron chi connectivity index (χ3n) is 4.84. The van der Waals surface area contributed by atoms with Gasteiger partial charge < -0.3 is 9.42 Å². The SMILES string of the molecule is O=C(Cc1cccnc1)N1CCCC(Cc2nc(C3CC3)no2)C1.